The summed E-state index contributed by atoms with van der Waals surface area (Å²) in [6.45, 7) is 5.34. The minimum atomic E-state index is -0.873. The van der Waals surface area contributed by atoms with Gasteiger partial charge in [0.2, 0.25) is 5.91 Å². The zero-order valence-corrected chi connectivity index (χ0v) is 16.9. The Balaban J connectivity index is 1.81. The highest BCUT2D eigenvalue weighted by atomic mass is 35.5. The summed E-state index contributed by atoms with van der Waals surface area (Å²) in [6.07, 6.45) is 2.47. The van der Waals surface area contributed by atoms with Crippen molar-refractivity contribution < 1.29 is 13.6 Å². The third-order valence-electron chi connectivity index (χ3n) is 5.21. The highest BCUT2D eigenvalue weighted by Gasteiger charge is 2.26. The lowest BCUT2D eigenvalue weighted by molar-refractivity contribution is -0.126. The molecule has 0 N–H and O–H groups in total. The molecule has 1 saturated heterocycles. The fourth-order valence-corrected chi connectivity index (χ4v) is 3.99. The van der Waals surface area contributed by atoms with Gasteiger partial charge in [0.05, 0.1) is 10.6 Å². The van der Waals surface area contributed by atoms with Crippen LogP contribution in [0.2, 0.25) is 5.02 Å². The molecule has 1 amide bonds. The number of amides is 1. The Bertz CT molecular complexity index is 1210. The number of rotatable bonds is 4. The number of aromatic nitrogens is 2. The van der Waals surface area contributed by atoms with Crippen LogP contribution in [0.25, 0.3) is 22.0 Å². The van der Waals surface area contributed by atoms with E-state index in [0.29, 0.717) is 37.4 Å². The van der Waals surface area contributed by atoms with Crippen LogP contribution in [-0.2, 0) is 4.79 Å². The molecule has 1 aliphatic heterocycles. The average molecular weight is 444 g/mol. The lowest BCUT2D eigenvalue weighted by Crippen LogP contribution is -2.48. The molecular weight excluding hydrogens is 428 g/mol. The third-order valence-corrected chi connectivity index (χ3v) is 5.50. The van der Waals surface area contributed by atoms with Gasteiger partial charge in [-0.1, -0.05) is 24.2 Å². The maximum atomic E-state index is 15.5. The standard InChI is InChI=1S/C21H16ClF2N5O2/c1-2-16(30)28-6-8-29(9-7-28)21-12-10-13(22)17(19(24)20(12)25-11-26-21)18-14(23)4-3-5-15(18)27-31/h2-5,10-11H,1,6-9H2. The Kier molecular flexibility index (Phi) is 5.60. The Labute approximate surface area is 180 Å². The first kappa shape index (κ1) is 20.8. The minimum absolute atomic E-state index is 0.0610. The van der Waals surface area contributed by atoms with E-state index in [9.17, 15) is 14.1 Å². The molecular formula is C21H16ClF2N5O2. The second-order valence-electron chi connectivity index (χ2n) is 6.88. The van der Waals surface area contributed by atoms with Gasteiger partial charge in [-0.15, -0.1) is 4.91 Å². The zero-order chi connectivity index (χ0) is 22.1. The van der Waals surface area contributed by atoms with Crippen LogP contribution in [0.1, 0.15) is 0 Å². The van der Waals surface area contributed by atoms with E-state index in [4.69, 9.17) is 11.6 Å². The SMILES string of the molecule is C=CC(=O)N1CCN(c2ncnc3c(F)c(-c4c(F)cccc4N=O)c(Cl)cc23)CC1. The van der Waals surface area contributed by atoms with Gasteiger partial charge in [-0.05, 0) is 29.5 Å². The van der Waals surface area contributed by atoms with Gasteiger partial charge < -0.3 is 9.80 Å². The lowest BCUT2D eigenvalue weighted by Gasteiger charge is -2.35. The summed E-state index contributed by atoms with van der Waals surface area (Å²) < 4.78 is 30.0. The molecule has 0 spiro atoms. The van der Waals surface area contributed by atoms with Crippen molar-refractivity contribution in [1.29, 1.82) is 0 Å². The van der Waals surface area contributed by atoms with Crippen LogP contribution in [0.15, 0.2) is 48.4 Å². The molecule has 0 unspecified atom stereocenters. The van der Waals surface area contributed by atoms with Crippen molar-refractivity contribution in [2.75, 3.05) is 31.1 Å². The number of piperazine rings is 1. The molecule has 3 aromatic rings. The second kappa shape index (κ2) is 8.35. The van der Waals surface area contributed by atoms with Gasteiger partial charge in [0.15, 0.2) is 5.82 Å². The Hall–Kier alpha value is -3.46. The highest BCUT2D eigenvalue weighted by molar-refractivity contribution is 6.34. The van der Waals surface area contributed by atoms with Crippen LogP contribution >= 0.6 is 11.6 Å². The first-order valence-electron chi connectivity index (χ1n) is 9.37. The number of hydrogen-bond donors (Lipinski definition) is 0. The third kappa shape index (κ3) is 3.61. The average Bonchev–Trinajstić information content (AvgIpc) is 2.79. The summed E-state index contributed by atoms with van der Waals surface area (Å²) in [4.78, 5) is 34.8. The van der Waals surface area contributed by atoms with Crippen molar-refractivity contribution in [2.24, 2.45) is 5.18 Å². The molecule has 2 heterocycles. The van der Waals surface area contributed by atoms with E-state index in [2.05, 4.69) is 21.7 Å². The highest BCUT2D eigenvalue weighted by Crippen LogP contribution is 2.42. The molecule has 1 aromatic heterocycles. The molecule has 2 aromatic carbocycles. The largest absolute Gasteiger partial charge is 0.352 e. The van der Waals surface area contributed by atoms with E-state index >= 15 is 4.39 Å². The topological polar surface area (TPSA) is 78.8 Å². The Morgan fingerprint density at radius 1 is 1.16 bits per heavy atom. The number of hydrogen-bond acceptors (Lipinski definition) is 6. The number of benzene rings is 2. The van der Waals surface area contributed by atoms with Crippen molar-refractivity contribution in [2.45, 2.75) is 0 Å². The molecule has 4 rings (SSSR count). The molecule has 31 heavy (non-hydrogen) atoms. The molecule has 1 aliphatic rings. The smallest absolute Gasteiger partial charge is 0.246 e. The van der Waals surface area contributed by atoms with Gasteiger partial charge in [-0.25, -0.2) is 18.7 Å². The maximum absolute atomic E-state index is 15.5. The lowest BCUT2D eigenvalue weighted by atomic mass is 10.00. The van der Waals surface area contributed by atoms with Crippen molar-refractivity contribution in [3.63, 3.8) is 0 Å². The summed E-state index contributed by atoms with van der Waals surface area (Å²) >= 11 is 6.35. The molecule has 0 radical (unpaired) electrons. The molecule has 0 aliphatic carbocycles. The maximum Gasteiger partial charge on any atom is 0.246 e. The first-order valence-corrected chi connectivity index (χ1v) is 9.75. The number of fused-ring (bicyclic) bond motifs is 1. The molecule has 0 atom stereocenters. The minimum Gasteiger partial charge on any atom is -0.352 e. The summed E-state index contributed by atoms with van der Waals surface area (Å²) in [6, 6.07) is 5.13. The van der Waals surface area contributed by atoms with Crippen LogP contribution in [0, 0.1) is 16.5 Å². The molecule has 10 heteroatoms. The number of anilines is 1. The molecule has 0 saturated carbocycles. The summed E-state index contributed by atoms with van der Waals surface area (Å²) in [7, 11) is 0. The van der Waals surface area contributed by atoms with Gasteiger partial charge >= 0.3 is 0 Å². The molecule has 1 fully saturated rings. The first-order chi connectivity index (χ1) is 15.0. The normalized spacial score (nSPS) is 14.0. The summed E-state index contributed by atoms with van der Waals surface area (Å²) in [5.41, 5.74) is -0.932. The van der Waals surface area contributed by atoms with E-state index in [1.165, 1.54) is 30.6 Å². The van der Waals surface area contributed by atoms with Crippen molar-refractivity contribution in [1.82, 2.24) is 14.9 Å². The monoisotopic (exact) mass is 443 g/mol. The quantitative estimate of drug-likeness (QED) is 0.439. The van der Waals surface area contributed by atoms with Gasteiger partial charge in [0.1, 0.15) is 29.2 Å². The Morgan fingerprint density at radius 2 is 1.90 bits per heavy atom. The number of carbonyl (C=O) groups is 1. The summed E-state index contributed by atoms with van der Waals surface area (Å²) in [5, 5.41) is 3.04. The van der Waals surface area contributed by atoms with E-state index in [0.717, 1.165) is 6.07 Å². The van der Waals surface area contributed by atoms with Crippen molar-refractivity contribution in [3.8, 4) is 11.1 Å². The van der Waals surface area contributed by atoms with Crippen LogP contribution in [0.3, 0.4) is 0 Å². The van der Waals surface area contributed by atoms with E-state index < -0.39 is 11.6 Å². The number of halogens is 3. The number of carbonyl (C=O) groups excluding carboxylic acids is 1. The second-order valence-corrected chi connectivity index (χ2v) is 7.29. The fraction of sp³-hybridized carbons (Fsp3) is 0.190. The van der Waals surface area contributed by atoms with E-state index in [-0.39, 0.29) is 33.3 Å². The Morgan fingerprint density at radius 3 is 2.58 bits per heavy atom. The predicted molar refractivity (Wildman–Crippen MR) is 114 cm³/mol. The summed E-state index contributed by atoms with van der Waals surface area (Å²) in [5.74, 6) is -1.41. The van der Waals surface area contributed by atoms with Gasteiger partial charge in [-0.3, -0.25) is 4.79 Å². The van der Waals surface area contributed by atoms with Gasteiger partial charge in [-0.2, -0.15) is 0 Å². The van der Waals surface area contributed by atoms with E-state index in [1.807, 2.05) is 4.90 Å². The van der Waals surface area contributed by atoms with Crippen LogP contribution in [-0.4, -0.2) is 47.0 Å². The van der Waals surface area contributed by atoms with Crippen LogP contribution in [0.4, 0.5) is 20.3 Å². The van der Waals surface area contributed by atoms with Crippen molar-refractivity contribution >= 4 is 39.9 Å². The van der Waals surface area contributed by atoms with Crippen LogP contribution in [0.5, 0.6) is 0 Å². The molecule has 0 bridgehead atoms. The fourth-order valence-electron chi connectivity index (χ4n) is 3.70. The van der Waals surface area contributed by atoms with E-state index in [1.54, 1.807) is 4.90 Å². The number of nitrogens with zero attached hydrogens (tertiary/aromatic N) is 5. The predicted octanol–water partition coefficient (Wildman–Crippen LogP) is 4.46. The van der Waals surface area contributed by atoms with Crippen molar-refractivity contribution in [3.05, 3.63) is 64.8 Å². The molecule has 7 nitrogen and oxygen atoms in total. The van der Waals surface area contributed by atoms with Gasteiger partial charge in [0.25, 0.3) is 0 Å². The molecule has 158 valence electrons. The van der Waals surface area contributed by atoms with Crippen LogP contribution < -0.4 is 4.90 Å². The van der Waals surface area contributed by atoms with Gasteiger partial charge in [0, 0.05) is 37.1 Å². The zero-order valence-electron chi connectivity index (χ0n) is 16.2. The number of nitroso groups, excluding NO2 is 1.